The van der Waals surface area contributed by atoms with Gasteiger partial charge in [-0.2, -0.15) is 0 Å². The highest BCUT2D eigenvalue weighted by molar-refractivity contribution is 7.22. The lowest BCUT2D eigenvalue weighted by Gasteiger charge is -2.10. The monoisotopic (exact) mass is 356 g/mol. The molecule has 0 aliphatic heterocycles. The van der Waals surface area contributed by atoms with E-state index in [9.17, 15) is 4.79 Å². The molecular formula is C19H20N2O3S. The van der Waals surface area contributed by atoms with Crippen LogP contribution in [0.5, 0.6) is 11.5 Å². The number of anilines is 1. The number of aromatic nitrogens is 1. The van der Waals surface area contributed by atoms with E-state index in [1.165, 1.54) is 16.9 Å². The van der Waals surface area contributed by atoms with Crippen LogP contribution in [0.2, 0.25) is 0 Å². The zero-order valence-electron chi connectivity index (χ0n) is 14.5. The molecule has 6 heteroatoms. The number of thiazole rings is 1. The standard InChI is InChI=1S/C19H20N2O3S/c1-4-12-6-8-14-17(10-12)25-19(20-14)21-18(22)13-7-9-15(23-3)16(11-13)24-5-2/h6-11H,4-5H2,1-3H3,(H,20,21,22). The number of hydrogen-bond donors (Lipinski definition) is 1. The van der Waals surface area contributed by atoms with Crippen LogP contribution < -0.4 is 14.8 Å². The molecule has 3 rings (SSSR count). The summed E-state index contributed by atoms with van der Waals surface area (Å²) in [6.07, 6.45) is 0.974. The zero-order chi connectivity index (χ0) is 17.8. The lowest BCUT2D eigenvalue weighted by Crippen LogP contribution is -2.12. The normalized spacial score (nSPS) is 10.7. The summed E-state index contributed by atoms with van der Waals surface area (Å²) in [6.45, 7) is 4.50. The quantitative estimate of drug-likeness (QED) is 0.705. The van der Waals surface area contributed by atoms with Gasteiger partial charge in [-0.25, -0.2) is 4.98 Å². The second kappa shape index (κ2) is 7.53. The Kier molecular flexibility index (Phi) is 5.19. The van der Waals surface area contributed by atoms with Crippen molar-refractivity contribution in [1.82, 2.24) is 4.98 Å². The van der Waals surface area contributed by atoms with Crippen LogP contribution in [0.25, 0.3) is 10.2 Å². The highest BCUT2D eigenvalue weighted by Crippen LogP contribution is 2.30. The fraction of sp³-hybridized carbons (Fsp3) is 0.263. The Morgan fingerprint density at radius 1 is 1.16 bits per heavy atom. The number of nitrogens with zero attached hydrogens (tertiary/aromatic N) is 1. The predicted octanol–water partition coefficient (Wildman–Crippen LogP) is 4.52. The van der Waals surface area contributed by atoms with Crippen molar-refractivity contribution < 1.29 is 14.3 Å². The number of methoxy groups -OCH3 is 1. The number of benzene rings is 2. The van der Waals surface area contributed by atoms with Gasteiger partial charge >= 0.3 is 0 Å². The van der Waals surface area contributed by atoms with Gasteiger partial charge in [-0.1, -0.05) is 24.3 Å². The molecule has 0 spiro atoms. The number of rotatable bonds is 6. The number of aryl methyl sites for hydroxylation is 1. The Labute approximate surface area is 150 Å². The van der Waals surface area contributed by atoms with Gasteiger partial charge in [0.1, 0.15) is 0 Å². The van der Waals surface area contributed by atoms with Gasteiger partial charge < -0.3 is 9.47 Å². The van der Waals surface area contributed by atoms with Gasteiger partial charge in [0, 0.05) is 5.56 Å². The molecule has 0 aliphatic carbocycles. The molecule has 0 atom stereocenters. The second-order valence-electron chi connectivity index (χ2n) is 5.43. The Balaban J connectivity index is 1.83. The minimum atomic E-state index is -0.224. The fourth-order valence-electron chi connectivity index (χ4n) is 2.50. The molecule has 3 aromatic rings. The molecule has 0 radical (unpaired) electrons. The van der Waals surface area contributed by atoms with E-state index < -0.39 is 0 Å². The SMILES string of the molecule is CCOc1cc(C(=O)Nc2nc3ccc(CC)cc3s2)ccc1OC. The van der Waals surface area contributed by atoms with E-state index in [4.69, 9.17) is 9.47 Å². The summed E-state index contributed by atoms with van der Waals surface area (Å²) in [5.41, 5.74) is 2.64. The molecule has 0 bridgehead atoms. The van der Waals surface area contributed by atoms with Crippen LogP contribution in [0.4, 0.5) is 5.13 Å². The van der Waals surface area contributed by atoms with Gasteiger partial charge in [0.2, 0.25) is 0 Å². The van der Waals surface area contributed by atoms with Crippen LogP contribution in [-0.4, -0.2) is 24.6 Å². The van der Waals surface area contributed by atoms with Crippen molar-refractivity contribution in [1.29, 1.82) is 0 Å². The predicted molar refractivity (Wildman–Crippen MR) is 101 cm³/mol. The maximum Gasteiger partial charge on any atom is 0.257 e. The lowest BCUT2D eigenvalue weighted by molar-refractivity contribution is 0.102. The third kappa shape index (κ3) is 3.74. The van der Waals surface area contributed by atoms with Gasteiger partial charge in [0.15, 0.2) is 16.6 Å². The summed E-state index contributed by atoms with van der Waals surface area (Å²) in [7, 11) is 1.57. The number of nitrogens with one attached hydrogen (secondary N) is 1. The first-order chi connectivity index (χ1) is 12.1. The maximum atomic E-state index is 12.5. The fourth-order valence-corrected chi connectivity index (χ4v) is 3.42. The molecule has 1 N–H and O–H groups in total. The minimum Gasteiger partial charge on any atom is -0.493 e. The van der Waals surface area contributed by atoms with E-state index in [0.717, 1.165) is 16.6 Å². The largest absolute Gasteiger partial charge is 0.493 e. The average Bonchev–Trinajstić information content (AvgIpc) is 3.03. The molecule has 1 aromatic heterocycles. The zero-order valence-corrected chi connectivity index (χ0v) is 15.3. The van der Waals surface area contributed by atoms with Crippen molar-refractivity contribution >= 4 is 32.6 Å². The summed E-state index contributed by atoms with van der Waals surface area (Å²) in [5, 5.41) is 3.45. The first kappa shape index (κ1) is 17.2. The van der Waals surface area contributed by atoms with Gasteiger partial charge in [0.25, 0.3) is 5.91 Å². The number of carbonyl (C=O) groups is 1. The number of amides is 1. The molecule has 0 fully saturated rings. The molecule has 1 amide bonds. The number of hydrogen-bond acceptors (Lipinski definition) is 5. The highest BCUT2D eigenvalue weighted by atomic mass is 32.1. The van der Waals surface area contributed by atoms with Crippen LogP contribution in [-0.2, 0) is 6.42 Å². The van der Waals surface area contributed by atoms with E-state index in [-0.39, 0.29) is 5.91 Å². The molecule has 5 nitrogen and oxygen atoms in total. The molecule has 0 saturated carbocycles. The van der Waals surface area contributed by atoms with Crippen LogP contribution in [0.3, 0.4) is 0 Å². The van der Waals surface area contributed by atoms with E-state index in [2.05, 4.69) is 29.4 Å². The van der Waals surface area contributed by atoms with Crippen LogP contribution in [0, 0.1) is 0 Å². The first-order valence-corrected chi connectivity index (χ1v) is 8.98. The summed E-state index contributed by atoms with van der Waals surface area (Å²) in [5.74, 6) is 0.929. The van der Waals surface area contributed by atoms with Crippen LogP contribution in [0.1, 0.15) is 29.8 Å². The molecule has 2 aromatic carbocycles. The number of carbonyl (C=O) groups excluding carboxylic acids is 1. The molecule has 25 heavy (non-hydrogen) atoms. The first-order valence-electron chi connectivity index (χ1n) is 8.16. The van der Waals surface area contributed by atoms with Crippen molar-refractivity contribution in [2.45, 2.75) is 20.3 Å². The molecule has 1 heterocycles. The molecule has 0 saturated heterocycles. The molecular weight excluding hydrogens is 336 g/mol. The van der Waals surface area contributed by atoms with Crippen LogP contribution in [0.15, 0.2) is 36.4 Å². The number of ether oxygens (including phenoxy) is 2. The smallest absolute Gasteiger partial charge is 0.257 e. The molecule has 0 unspecified atom stereocenters. The van der Waals surface area contributed by atoms with E-state index >= 15 is 0 Å². The van der Waals surface area contributed by atoms with Crippen molar-refractivity contribution in [3.05, 3.63) is 47.5 Å². The van der Waals surface area contributed by atoms with E-state index in [0.29, 0.717) is 28.8 Å². The highest BCUT2D eigenvalue weighted by Gasteiger charge is 2.13. The third-order valence-electron chi connectivity index (χ3n) is 3.81. The summed E-state index contributed by atoms with van der Waals surface area (Å²) < 4.78 is 11.8. The van der Waals surface area contributed by atoms with E-state index in [1.54, 1.807) is 25.3 Å². The lowest BCUT2D eigenvalue weighted by atomic mass is 10.2. The van der Waals surface area contributed by atoms with Gasteiger partial charge in [0.05, 0.1) is 23.9 Å². The van der Waals surface area contributed by atoms with E-state index in [1.807, 2.05) is 13.0 Å². The summed E-state index contributed by atoms with van der Waals surface area (Å²) >= 11 is 1.47. The van der Waals surface area contributed by atoms with Gasteiger partial charge in [-0.05, 0) is 49.2 Å². The number of fused-ring (bicyclic) bond motifs is 1. The van der Waals surface area contributed by atoms with Crippen molar-refractivity contribution in [3.8, 4) is 11.5 Å². The Morgan fingerprint density at radius 2 is 2.00 bits per heavy atom. The molecule has 130 valence electrons. The summed E-state index contributed by atoms with van der Waals surface area (Å²) in [4.78, 5) is 17.0. The topological polar surface area (TPSA) is 60.5 Å². The Morgan fingerprint density at radius 3 is 2.72 bits per heavy atom. The summed E-state index contributed by atoms with van der Waals surface area (Å²) in [6, 6.07) is 11.3. The third-order valence-corrected chi connectivity index (χ3v) is 4.74. The second-order valence-corrected chi connectivity index (χ2v) is 6.46. The minimum absolute atomic E-state index is 0.224. The molecule has 0 aliphatic rings. The Bertz CT molecular complexity index is 905. The maximum absolute atomic E-state index is 12.5. The van der Waals surface area contributed by atoms with Gasteiger partial charge in [-0.15, -0.1) is 0 Å². The van der Waals surface area contributed by atoms with Crippen LogP contribution >= 0.6 is 11.3 Å². The van der Waals surface area contributed by atoms with Gasteiger partial charge in [-0.3, -0.25) is 10.1 Å². The average molecular weight is 356 g/mol. The van der Waals surface area contributed by atoms with Crippen molar-refractivity contribution in [2.24, 2.45) is 0 Å². The van der Waals surface area contributed by atoms with Crippen molar-refractivity contribution in [3.63, 3.8) is 0 Å². The Hall–Kier alpha value is -2.60. The van der Waals surface area contributed by atoms with Crippen molar-refractivity contribution in [2.75, 3.05) is 19.0 Å².